The first kappa shape index (κ1) is 13.0. The predicted octanol–water partition coefficient (Wildman–Crippen LogP) is 4.81. The lowest BCUT2D eigenvalue weighted by atomic mass is 10.1. The standard InChI is InChI=1S/C14H22/c1-6-8-9-13(4)11-14(5)10-12(3)7-2/h7-11H,6H2,1-5H3/b9-8-,12-7-,13-11+,14-10+. The van der Waals surface area contributed by atoms with E-state index in [4.69, 9.17) is 0 Å². The van der Waals surface area contributed by atoms with E-state index in [2.05, 4.69) is 65.0 Å². The molecule has 0 aliphatic heterocycles. The van der Waals surface area contributed by atoms with E-state index in [1.54, 1.807) is 0 Å². The number of hydrogen-bond donors (Lipinski definition) is 0. The fraction of sp³-hybridized carbons (Fsp3) is 0.429. The van der Waals surface area contributed by atoms with Gasteiger partial charge in [0.2, 0.25) is 0 Å². The number of hydrogen-bond acceptors (Lipinski definition) is 0. The number of allylic oxidation sites excluding steroid dienone is 8. The van der Waals surface area contributed by atoms with Crippen molar-refractivity contribution in [2.45, 2.75) is 41.0 Å². The molecule has 0 saturated heterocycles. The van der Waals surface area contributed by atoms with Gasteiger partial charge in [-0.05, 0) is 34.1 Å². The van der Waals surface area contributed by atoms with E-state index in [1.165, 1.54) is 16.7 Å². The zero-order chi connectivity index (χ0) is 11.0. The van der Waals surface area contributed by atoms with E-state index in [9.17, 15) is 0 Å². The summed E-state index contributed by atoms with van der Waals surface area (Å²) in [7, 11) is 0. The van der Waals surface area contributed by atoms with Gasteiger partial charge in [0.15, 0.2) is 0 Å². The van der Waals surface area contributed by atoms with Crippen LogP contribution in [0.3, 0.4) is 0 Å². The van der Waals surface area contributed by atoms with E-state index in [0.29, 0.717) is 0 Å². The van der Waals surface area contributed by atoms with Crippen LogP contribution < -0.4 is 0 Å². The summed E-state index contributed by atoms with van der Waals surface area (Å²) in [5.74, 6) is 0. The van der Waals surface area contributed by atoms with Gasteiger partial charge in [-0.25, -0.2) is 0 Å². The molecule has 0 aromatic heterocycles. The lowest BCUT2D eigenvalue weighted by Crippen LogP contribution is -1.75. The average Bonchev–Trinajstić information content (AvgIpc) is 2.14. The Labute approximate surface area is 88.7 Å². The van der Waals surface area contributed by atoms with Crippen LogP contribution in [-0.2, 0) is 0 Å². The average molecular weight is 190 g/mol. The summed E-state index contributed by atoms with van der Waals surface area (Å²) < 4.78 is 0. The highest BCUT2D eigenvalue weighted by Gasteiger charge is 1.86. The topological polar surface area (TPSA) is 0 Å². The molecule has 0 saturated carbocycles. The second-order valence-electron chi connectivity index (χ2n) is 3.62. The molecule has 14 heavy (non-hydrogen) atoms. The maximum atomic E-state index is 2.21. The Morgan fingerprint density at radius 1 is 0.929 bits per heavy atom. The highest BCUT2D eigenvalue weighted by atomic mass is 13.9. The van der Waals surface area contributed by atoms with Crippen LogP contribution >= 0.6 is 0 Å². The molecule has 0 unspecified atom stereocenters. The van der Waals surface area contributed by atoms with Crippen molar-refractivity contribution < 1.29 is 0 Å². The highest BCUT2D eigenvalue weighted by molar-refractivity contribution is 5.32. The molecule has 78 valence electrons. The normalized spacial score (nSPS) is 15.4. The first-order chi connectivity index (χ1) is 6.60. The maximum absolute atomic E-state index is 2.21. The molecule has 0 bridgehead atoms. The quantitative estimate of drug-likeness (QED) is 0.558. The zero-order valence-electron chi connectivity index (χ0n) is 10.1. The molecule has 0 amide bonds. The molecule has 0 atom stereocenters. The smallest absolute Gasteiger partial charge is 0.0376 e. The van der Waals surface area contributed by atoms with Gasteiger partial charge in [0.25, 0.3) is 0 Å². The van der Waals surface area contributed by atoms with Crippen LogP contribution in [0.25, 0.3) is 0 Å². The SMILES string of the molecule is C\C=C(C)/C=C(C)/C=C(C)/C=C\CC. The second-order valence-corrected chi connectivity index (χ2v) is 3.62. The first-order valence-corrected chi connectivity index (χ1v) is 5.26. The van der Waals surface area contributed by atoms with E-state index in [1.807, 2.05) is 0 Å². The third-order valence-corrected chi connectivity index (χ3v) is 1.98. The van der Waals surface area contributed by atoms with Gasteiger partial charge in [-0.15, -0.1) is 0 Å². The van der Waals surface area contributed by atoms with Gasteiger partial charge >= 0.3 is 0 Å². The van der Waals surface area contributed by atoms with Crippen LogP contribution in [0.1, 0.15) is 41.0 Å². The molecule has 0 nitrogen and oxygen atoms in total. The van der Waals surface area contributed by atoms with Gasteiger partial charge in [-0.1, -0.05) is 54.0 Å². The van der Waals surface area contributed by atoms with Gasteiger partial charge in [0.1, 0.15) is 0 Å². The van der Waals surface area contributed by atoms with Crippen molar-refractivity contribution in [3.8, 4) is 0 Å². The molecular formula is C14H22. The monoisotopic (exact) mass is 190 g/mol. The molecule has 0 spiro atoms. The van der Waals surface area contributed by atoms with Crippen molar-refractivity contribution in [3.05, 3.63) is 47.1 Å². The van der Waals surface area contributed by atoms with E-state index < -0.39 is 0 Å². The molecule has 0 N–H and O–H groups in total. The number of rotatable bonds is 4. The van der Waals surface area contributed by atoms with Gasteiger partial charge in [-0.3, -0.25) is 0 Å². The molecular weight excluding hydrogens is 168 g/mol. The van der Waals surface area contributed by atoms with E-state index in [0.717, 1.165) is 6.42 Å². The van der Waals surface area contributed by atoms with Crippen molar-refractivity contribution in [2.24, 2.45) is 0 Å². The molecule has 0 heterocycles. The zero-order valence-corrected chi connectivity index (χ0v) is 10.1. The van der Waals surface area contributed by atoms with Gasteiger partial charge < -0.3 is 0 Å². The van der Waals surface area contributed by atoms with E-state index >= 15 is 0 Å². The third-order valence-electron chi connectivity index (χ3n) is 1.98. The van der Waals surface area contributed by atoms with Crippen LogP contribution in [0.4, 0.5) is 0 Å². The Morgan fingerprint density at radius 3 is 2.00 bits per heavy atom. The van der Waals surface area contributed by atoms with Crippen molar-refractivity contribution in [1.82, 2.24) is 0 Å². The fourth-order valence-corrected chi connectivity index (χ4v) is 1.20. The Kier molecular flexibility index (Phi) is 6.82. The van der Waals surface area contributed by atoms with Gasteiger partial charge in [0, 0.05) is 0 Å². The minimum atomic E-state index is 1.10. The molecule has 0 aliphatic rings. The molecule has 0 fully saturated rings. The van der Waals surface area contributed by atoms with Crippen molar-refractivity contribution in [1.29, 1.82) is 0 Å². The Balaban J connectivity index is 4.49. The summed E-state index contributed by atoms with van der Waals surface area (Å²) in [5.41, 5.74) is 3.93. The molecule has 0 aromatic carbocycles. The lowest BCUT2D eigenvalue weighted by Gasteiger charge is -1.96. The van der Waals surface area contributed by atoms with Crippen LogP contribution in [0.2, 0.25) is 0 Å². The van der Waals surface area contributed by atoms with Crippen molar-refractivity contribution >= 4 is 0 Å². The highest BCUT2D eigenvalue weighted by Crippen LogP contribution is 2.07. The summed E-state index contributed by atoms with van der Waals surface area (Å²) in [6, 6.07) is 0. The van der Waals surface area contributed by atoms with Gasteiger partial charge in [0.05, 0.1) is 0 Å². The molecule has 0 radical (unpaired) electrons. The van der Waals surface area contributed by atoms with Crippen LogP contribution in [-0.4, -0.2) is 0 Å². The minimum absolute atomic E-state index is 1.10. The molecule has 0 rings (SSSR count). The van der Waals surface area contributed by atoms with Crippen molar-refractivity contribution in [3.63, 3.8) is 0 Å². The summed E-state index contributed by atoms with van der Waals surface area (Å²) in [6.07, 6.45) is 12.0. The molecule has 0 aromatic rings. The maximum Gasteiger partial charge on any atom is -0.0376 e. The van der Waals surface area contributed by atoms with Gasteiger partial charge in [-0.2, -0.15) is 0 Å². The molecule has 0 aliphatic carbocycles. The van der Waals surface area contributed by atoms with Crippen LogP contribution in [0.15, 0.2) is 47.1 Å². The van der Waals surface area contributed by atoms with Crippen LogP contribution in [0, 0.1) is 0 Å². The third kappa shape index (κ3) is 6.47. The lowest BCUT2D eigenvalue weighted by molar-refractivity contribution is 1.22. The first-order valence-electron chi connectivity index (χ1n) is 5.26. The van der Waals surface area contributed by atoms with Crippen LogP contribution in [0.5, 0.6) is 0 Å². The molecule has 0 heteroatoms. The Hall–Kier alpha value is -1.04. The Bertz CT molecular complexity index is 272. The minimum Gasteiger partial charge on any atom is -0.0847 e. The predicted molar refractivity (Wildman–Crippen MR) is 66.4 cm³/mol. The summed E-state index contributed by atoms with van der Waals surface area (Å²) in [5, 5.41) is 0. The largest absolute Gasteiger partial charge is 0.0847 e. The van der Waals surface area contributed by atoms with Crippen molar-refractivity contribution in [2.75, 3.05) is 0 Å². The Morgan fingerprint density at radius 2 is 1.50 bits per heavy atom. The summed E-state index contributed by atoms with van der Waals surface area (Å²) >= 11 is 0. The second kappa shape index (κ2) is 7.37. The summed E-state index contributed by atoms with van der Waals surface area (Å²) in [4.78, 5) is 0. The fourth-order valence-electron chi connectivity index (χ4n) is 1.20. The van der Waals surface area contributed by atoms with E-state index in [-0.39, 0.29) is 0 Å². The summed E-state index contributed by atoms with van der Waals surface area (Å²) in [6.45, 7) is 10.6.